The number of carbonyl (C=O) groups excluding carboxylic acids is 2. The van der Waals surface area contributed by atoms with Gasteiger partial charge in [-0.05, 0) is 31.4 Å². The number of pyridine rings is 2. The number of rotatable bonds is 10. The van der Waals surface area contributed by atoms with Crippen LogP contribution in [-0.4, -0.2) is 68.7 Å². The lowest BCUT2D eigenvalue weighted by Crippen LogP contribution is -2.15. The summed E-state index contributed by atoms with van der Waals surface area (Å²) >= 11 is 2.82. The smallest absolute Gasteiger partial charge is 0.232 e. The highest BCUT2D eigenvalue weighted by Gasteiger charge is 2.29. The molecule has 4 heterocycles. The van der Waals surface area contributed by atoms with Gasteiger partial charge in [-0.1, -0.05) is 41.2 Å². The maximum Gasteiger partial charge on any atom is 0.232 e. The van der Waals surface area contributed by atoms with Crippen LogP contribution in [0.15, 0.2) is 46.6 Å². The maximum atomic E-state index is 12.5. The van der Waals surface area contributed by atoms with Crippen molar-refractivity contribution in [1.29, 1.82) is 0 Å². The zero-order valence-electron chi connectivity index (χ0n) is 23.2. The molecule has 5 rings (SSSR count). The highest BCUT2D eigenvalue weighted by atomic mass is 32.1. The molecule has 0 unspecified atom stereocenters. The van der Waals surface area contributed by atoms with Crippen LogP contribution in [0.3, 0.4) is 0 Å². The van der Waals surface area contributed by atoms with E-state index in [1.165, 1.54) is 22.7 Å². The number of amides is 2. The number of aromatic nitrogens is 6. The van der Waals surface area contributed by atoms with Crippen molar-refractivity contribution in [3.8, 4) is 0 Å². The first-order valence-electron chi connectivity index (χ1n) is 13.5. The molecule has 4 aromatic rings. The van der Waals surface area contributed by atoms with Crippen LogP contribution in [0.1, 0.15) is 70.0 Å². The molecule has 216 valence electrons. The van der Waals surface area contributed by atoms with Crippen LogP contribution in [0.4, 0.5) is 10.3 Å². The first kappa shape index (κ1) is 29.2. The molecule has 1 saturated carbocycles. The minimum atomic E-state index is -0.189. The molecular formula is C28H30N10O2S2. The van der Waals surface area contributed by atoms with Crippen molar-refractivity contribution in [3.63, 3.8) is 0 Å². The quantitative estimate of drug-likeness (QED) is 0.257. The predicted molar refractivity (Wildman–Crippen MR) is 164 cm³/mol. The molecular weight excluding hydrogens is 573 g/mol. The zero-order chi connectivity index (χ0) is 29.3. The van der Waals surface area contributed by atoms with Crippen LogP contribution >= 0.6 is 22.7 Å². The fourth-order valence-corrected chi connectivity index (χ4v) is 6.54. The third-order valence-corrected chi connectivity index (χ3v) is 8.68. The molecule has 2 atom stereocenters. The average molecular weight is 603 g/mol. The van der Waals surface area contributed by atoms with Crippen molar-refractivity contribution in [2.75, 3.05) is 24.7 Å². The largest absolute Gasteiger partial charge is 0.300 e. The average Bonchev–Trinajstić information content (AvgIpc) is 3.65. The second-order valence-corrected chi connectivity index (χ2v) is 11.9. The van der Waals surface area contributed by atoms with Crippen LogP contribution in [0.25, 0.3) is 0 Å². The summed E-state index contributed by atoms with van der Waals surface area (Å²) in [4.78, 5) is 41.6. The van der Waals surface area contributed by atoms with Gasteiger partial charge in [0.05, 0.1) is 12.8 Å². The molecule has 42 heavy (non-hydrogen) atoms. The van der Waals surface area contributed by atoms with E-state index >= 15 is 0 Å². The standard InChI is InChI=1S/C28H30N10O2S2/c1-29-13-17-6-8-21(31-15-17)11-23(39)33-27-37-35-25(41-27)19-4-3-5-20(10-19)26-36-38-28(42-26)34-24(40)12-22-9-7-18(14-30-2)16-32-22/h6-9,13-16,19-20H,3-5,10-12H2,1-2H3,(H,33,37,39)(H,34,38,40)/t19-,20-/m0/s1. The van der Waals surface area contributed by atoms with Gasteiger partial charge in [-0.25, -0.2) is 0 Å². The van der Waals surface area contributed by atoms with E-state index < -0.39 is 0 Å². The minimum Gasteiger partial charge on any atom is -0.300 e. The van der Waals surface area contributed by atoms with E-state index in [0.717, 1.165) is 46.8 Å². The Morgan fingerprint density at radius 3 is 1.67 bits per heavy atom. The van der Waals surface area contributed by atoms with Crippen molar-refractivity contribution < 1.29 is 9.59 Å². The molecule has 2 N–H and O–H groups in total. The molecule has 0 aliphatic heterocycles. The molecule has 0 radical (unpaired) electrons. The van der Waals surface area contributed by atoms with Gasteiger partial charge < -0.3 is 10.6 Å². The van der Waals surface area contributed by atoms with Crippen molar-refractivity contribution in [3.05, 3.63) is 69.2 Å². The number of hydrogen-bond acceptors (Lipinski definition) is 12. The normalized spacial score (nSPS) is 17.1. The van der Waals surface area contributed by atoms with Gasteiger partial charge in [-0.15, -0.1) is 20.4 Å². The van der Waals surface area contributed by atoms with Gasteiger partial charge in [0.15, 0.2) is 0 Å². The van der Waals surface area contributed by atoms with Gasteiger partial charge in [-0.2, -0.15) is 0 Å². The number of hydrogen-bond donors (Lipinski definition) is 2. The van der Waals surface area contributed by atoms with Crippen LogP contribution in [-0.2, 0) is 22.4 Å². The number of anilines is 2. The fourth-order valence-electron chi connectivity index (χ4n) is 4.73. The summed E-state index contributed by atoms with van der Waals surface area (Å²) in [5, 5.41) is 25.6. The van der Waals surface area contributed by atoms with Gasteiger partial charge >= 0.3 is 0 Å². The Balaban J connectivity index is 1.12. The van der Waals surface area contributed by atoms with E-state index in [9.17, 15) is 9.59 Å². The summed E-state index contributed by atoms with van der Waals surface area (Å²) < 4.78 is 0. The lowest BCUT2D eigenvalue weighted by molar-refractivity contribution is -0.116. The molecule has 2 amide bonds. The summed E-state index contributed by atoms with van der Waals surface area (Å²) in [6.07, 6.45) is 11.0. The Labute approximate surface area is 250 Å². The molecule has 0 bridgehead atoms. The first-order chi connectivity index (χ1) is 20.5. The molecule has 1 aliphatic rings. The van der Waals surface area contributed by atoms with E-state index in [2.05, 4.69) is 51.0 Å². The molecule has 1 aliphatic carbocycles. The molecule has 1 fully saturated rings. The fraction of sp³-hybridized carbons (Fsp3) is 0.357. The van der Waals surface area contributed by atoms with Crippen LogP contribution < -0.4 is 10.6 Å². The summed E-state index contributed by atoms with van der Waals surface area (Å²) in [6.45, 7) is 0. The van der Waals surface area contributed by atoms with Crippen molar-refractivity contribution in [2.24, 2.45) is 9.98 Å². The Morgan fingerprint density at radius 1 is 0.786 bits per heavy atom. The third kappa shape index (κ3) is 7.91. The topological polar surface area (TPSA) is 160 Å². The summed E-state index contributed by atoms with van der Waals surface area (Å²) in [6, 6.07) is 7.38. The number of nitrogens with zero attached hydrogens (tertiary/aromatic N) is 8. The number of aliphatic imine (C=N–C) groups is 2. The van der Waals surface area contributed by atoms with Crippen LogP contribution in [0, 0.1) is 0 Å². The Morgan fingerprint density at radius 2 is 1.26 bits per heavy atom. The first-order valence-corrected chi connectivity index (χ1v) is 15.1. The lowest BCUT2D eigenvalue weighted by Gasteiger charge is -2.25. The number of carbonyl (C=O) groups is 2. The summed E-state index contributed by atoms with van der Waals surface area (Å²) in [5.74, 6) is 0.0572. The van der Waals surface area contributed by atoms with Gasteiger partial charge in [0, 0.05) is 73.3 Å². The minimum absolute atomic E-state index is 0.150. The van der Waals surface area contributed by atoms with Gasteiger partial charge in [-0.3, -0.25) is 29.5 Å². The molecule has 14 heteroatoms. The Hall–Kier alpha value is -4.30. The molecule has 12 nitrogen and oxygen atoms in total. The van der Waals surface area contributed by atoms with E-state index in [0.29, 0.717) is 21.7 Å². The third-order valence-electron chi connectivity index (χ3n) is 6.68. The second kappa shape index (κ2) is 14.0. The van der Waals surface area contributed by atoms with E-state index in [1.54, 1.807) is 38.9 Å². The van der Waals surface area contributed by atoms with Crippen molar-refractivity contribution in [2.45, 2.75) is 50.4 Å². The molecule has 0 spiro atoms. The van der Waals surface area contributed by atoms with Gasteiger partial charge in [0.2, 0.25) is 22.1 Å². The van der Waals surface area contributed by atoms with Crippen LogP contribution in [0.5, 0.6) is 0 Å². The summed E-state index contributed by atoms with van der Waals surface area (Å²) in [5.41, 5.74) is 3.10. The predicted octanol–water partition coefficient (Wildman–Crippen LogP) is 4.08. The summed E-state index contributed by atoms with van der Waals surface area (Å²) in [7, 11) is 3.40. The monoisotopic (exact) mass is 602 g/mol. The highest BCUT2D eigenvalue weighted by molar-refractivity contribution is 7.15. The van der Waals surface area contributed by atoms with Gasteiger partial charge in [0.1, 0.15) is 10.0 Å². The van der Waals surface area contributed by atoms with Crippen LogP contribution in [0.2, 0.25) is 0 Å². The SMILES string of the molecule is CN=Cc1ccc(CC(=O)Nc2nnc([C@H]3CCC[C@H](c4nnc(NC(=O)Cc5ccc(C=NC)cn5)s4)C3)s2)nc1. The van der Waals surface area contributed by atoms with Crippen molar-refractivity contribution in [1.82, 2.24) is 30.4 Å². The Bertz CT molecular complexity index is 1450. The van der Waals surface area contributed by atoms with E-state index in [4.69, 9.17) is 0 Å². The highest BCUT2D eigenvalue weighted by Crippen LogP contribution is 2.43. The molecule has 4 aromatic heterocycles. The Kier molecular flexibility index (Phi) is 9.77. The van der Waals surface area contributed by atoms with Crippen molar-refractivity contribution >= 4 is 57.2 Å². The van der Waals surface area contributed by atoms with E-state index in [1.807, 2.05) is 24.3 Å². The second-order valence-electron chi connectivity index (χ2n) is 9.84. The maximum absolute atomic E-state index is 12.5. The lowest BCUT2D eigenvalue weighted by atomic mass is 9.82. The zero-order valence-corrected chi connectivity index (χ0v) is 24.9. The van der Waals surface area contributed by atoms with E-state index in [-0.39, 0.29) is 36.5 Å². The molecule has 0 saturated heterocycles. The van der Waals surface area contributed by atoms with Gasteiger partial charge in [0.25, 0.3) is 0 Å². The number of nitrogens with one attached hydrogen (secondary N) is 2. The molecule has 0 aromatic carbocycles.